The number of likely N-dealkylation sites (N-methyl/N-ethyl adjacent to an activating group) is 1. The lowest BCUT2D eigenvalue weighted by molar-refractivity contribution is -0.0266. The van der Waals surface area contributed by atoms with E-state index in [1.165, 1.54) is 25.7 Å². The van der Waals surface area contributed by atoms with Crippen molar-refractivity contribution in [2.45, 2.75) is 50.0 Å². The van der Waals surface area contributed by atoms with Crippen LogP contribution in [0.5, 0.6) is 0 Å². The van der Waals surface area contributed by atoms with Gasteiger partial charge in [-0.3, -0.25) is 4.90 Å². The Bertz CT molecular complexity index is 240. The molecule has 1 saturated carbocycles. The molecular formula is C14H28N2OS. The molecule has 3 unspecified atom stereocenters. The second kappa shape index (κ2) is 7.73. The van der Waals surface area contributed by atoms with E-state index in [9.17, 15) is 0 Å². The van der Waals surface area contributed by atoms with Crippen molar-refractivity contribution in [2.75, 3.05) is 39.0 Å². The highest BCUT2D eigenvalue weighted by Gasteiger charge is 2.26. The third kappa shape index (κ3) is 4.12. The standard InChI is InChI=1S/C14H28N2OS/c1-3-16-8-9-17-12(11-16)10-15-13-6-4-5-7-14(13)18-2/h12-15H,3-11H2,1-2H3. The van der Waals surface area contributed by atoms with Gasteiger partial charge in [-0.1, -0.05) is 19.8 Å². The van der Waals surface area contributed by atoms with E-state index < -0.39 is 0 Å². The fraction of sp³-hybridized carbons (Fsp3) is 1.00. The Morgan fingerprint density at radius 2 is 2.17 bits per heavy atom. The second-order valence-electron chi connectivity index (χ2n) is 5.46. The van der Waals surface area contributed by atoms with Crippen LogP contribution in [-0.4, -0.2) is 61.3 Å². The van der Waals surface area contributed by atoms with Crippen LogP contribution in [0.1, 0.15) is 32.6 Å². The van der Waals surface area contributed by atoms with E-state index in [0.717, 1.165) is 38.0 Å². The van der Waals surface area contributed by atoms with Crippen LogP contribution in [0.2, 0.25) is 0 Å². The fourth-order valence-corrected chi connectivity index (χ4v) is 4.05. The average molecular weight is 272 g/mol. The molecule has 0 amide bonds. The van der Waals surface area contributed by atoms with Crippen LogP contribution in [0, 0.1) is 0 Å². The minimum Gasteiger partial charge on any atom is -0.374 e. The third-order valence-corrected chi connectivity index (χ3v) is 5.45. The minimum absolute atomic E-state index is 0.392. The van der Waals surface area contributed by atoms with Crippen molar-refractivity contribution < 1.29 is 4.74 Å². The van der Waals surface area contributed by atoms with Crippen molar-refractivity contribution in [3.63, 3.8) is 0 Å². The summed E-state index contributed by atoms with van der Waals surface area (Å²) in [6.07, 6.45) is 8.17. The van der Waals surface area contributed by atoms with Crippen LogP contribution in [0.3, 0.4) is 0 Å². The number of nitrogens with zero attached hydrogens (tertiary/aromatic N) is 1. The van der Waals surface area contributed by atoms with E-state index in [1.54, 1.807) is 0 Å². The average Bonchev–Trinajstić information content (AvgIpc) is 2.45. The monoisotopic (exact) mass is 272 g/mol. The third-order valence-electron chi connectivity index (χ3n) is 4.28. The normalized spacial score (nSPS) is 34.7. The maximum atomic E-state index is 5.86. The summed E-state index contributed by atoms with van der Waals surface area (Å²) in [5.74, 6) is 0. The van der Waals surface area contributed by atoms with Crippen LogP contribution in [0.25, 0.3) is 0 Å². The number of hydrogen-bond donors (Lipinski definition) is 1. The number of rotatable bonds is 5. The fourth-order valence-electron chi connectivity index (χ4n) is 3.09. The van der Waals surface area contributed by atoms with Crippen molar-refractivity contribution in [1.29, 1.82) is 0 Å². The molecule has 18 heavy (non-hydrogen) atoms. The lowest BCUT2D eigenvalue weighted by Gasteiger charge is -2.35. The summed E-state index contributed by atoms with van der Waals surface area (Å²) in [5.41, 5.74) is 0. The molecule has 0 spiro atoms. The first kappa shape index (κ1) is 14.6. The number of morpholine rings is 1. The highest BCUT2D eigenvalue weighted by molar-refractivity contribution is 7.99. The Balaban J connectivity index is 1.72. The van der Waals surface area contributed by atoms with Gasteiger partial charge < -0.3 is 10.1 Å². The molecule has 0 bridgehead atoms. The Hall–Kier alpha value is 0.230. The van der Waals surface area contributed by atoms with Gasteiger partial charge >= 0.3 is 0 Å². The van der Waals surface area contributed by atoms with E-state index in [0.29, 0.717) is 12.1 Å². The predicted molar refractivity (Wildman–Crippen MR) is 79.4 cm³/mol. The molecule has 1 aliphatic carbocycles. The molecule has 2 aliphatic rings. The molecule has 1 aliphatic heterocycles. The molecule has 4 heteroatoms. The number of hydrogen-bond acceptors (Lipinski definition) is 4. The van der Waals surface area contributed by atoms with Crippen LogP contribution in [0.15, 0.2) is 0 Å². The molecule has 3 nitrogen and oxygen atoms in total. The highest BCUT2D eigenvalue weighted by atomic mass is 32.2. The van der Waals surface area contributed by atoms with E-state index in [4.69, 9.17) is 4.74 Å². The molecule has 0 aromatic heterocycles. The summed E-state index contributed by atoms with van der Waals surface area (Å²) in [6.45, 7) is 7.51. The van der Waals surface area contributed by atoms with Gasteiger partial charge in [0.05, 0.1) is 12.7 Å². The first-order valence-electron chi connectivity index (χ1n) is 7.43. The predicted octanol–water partition coefficient (Wildman–Crippen LogP) is 1.97. The summed E-state index contributed by atoms with van der Waals surface area (Å²) in [4.78, 5) is 2.49. The van der Waals surface area contributed by atoms with Gasteiger partial charge in [0.25, 0.3) is 0 Å². The minimum atomic E-state index is 0.392. The molecule has 0 radical (unpaired) electrons. The van der Waals surface area contributed by atoms with E-state index >= 15 is 0 Å². The summed E-state index contributed by atoms with van der Waals surface area (Å²) in [6, 6.07) is 0.703. The lowest BCUT2D eigenvalue weighted by atomic mass is 9.94. The molecule has 3 atom stereocenters. The van der Waals surface area contributed by atoms with Crippen molar-refractivity contribution in [3.8, 4) is 0 Å². The first-order valence-corrected chi connectivity index (χ1v) is 8.72. The summed E-state index contributed by atoms with van der Waals surface area (Å²) >= 11 is 2.03. The molecule has 1 N–H and O–H groups in total. The highest BCUT2D eigenvalue weighted by Crippen LogP contribution is 2.27. The Kier molecular flexibility index (Phi) is 6.29. The van der Waals surface area contributed by atoms with Gasteiger partial charge in [0.1, 0.15) is 0 Å². The van der Waals surface area contributed by atoms with E-state index in [-0.39, 0.29) is 0 Å². The molecule has 106 valence electrons. The quantitative estimate of drug-likeness (QED) is 0.827. The molecule has 1 saturated heterocycles. The van der Waals surface area contributed by atoms with Gasteiger partial charge in [-0.05, 0) is 25.6 Å². The van der Waals surface area contributed by atoms with Crippen LogP contribution in [0.4, 0.5) is 0 Å². The van der Waals surface area contributed by atoms with Gasteiger partial charge in [0, 0.05) is 30.9 Å². The first-order chi connectivity index (χ1) is 8.83. The lowest BCUT2D eigenvalue weighted by Crippen LogP contribution is -2.50. The van der Waals surface area contributed by atoms with Crippen LogP contribution < -0.4 is 5.32 Å². The molecule has 1 heterocycles. The van der Waals surface area contributed by atoms with Crippen LogP contribution >= 0.6 is 11.8 Å². The van der Waals surface area contributed by atoms with E-state index in [2.05, 4.69) is 23.4 Å². The Morgan fingerprint density at radius 1 is 1.33 bits per heavy atom. The van der Waals surface area contributed by atoms with E-state index in [1.807, 2.05) is 11.8 Å². The van der Waals surface area contributed by atoms with Gasteiger partial charge in [-0.25, -0.2) is 0 Å². The smallest absolute Gasteiger partial charge is 0.0826 e. The molecule has 0 aromatic rings. The molecule has 2 rings (SSSR count). The SMILES string of the molecule is CCN1CCOC(CNC2CCCCC2SC)C1. The summed E-state index contributed by atoms with van der Waals surface area (Å²) in [5, 5.41) is 4.57. The second-order valence-corrected chi connectivity index (χ2v) is 6.54. The molecular weight excluding hydrogens is 244 g/mol. The Morgan fingerprint density at radius 3 is 2.94 bits per heavy atom. The topological polar surface area (TPSA) is 24.5 Å². The molecule has 0 aromatic carbocycles. The number of ether oxygens (including phenoxy) is 1. The van der Waals surface area contributed by atoms with Crippen molar-refractivity contribution in [2.24, 2.45) is 0 Å². The van der Waals surface area contributed by atoms with Gasteiger partial charge in [-0.2, -0.15) is 11.8 Å². The van der Waals surface area contributed by atoms with Gasteiger partial charge in [0.15, 0.2) is 0 Å². The number of nitrogens with one attached hydrogen (secondary N) is 1. The largest absolute Gasteiger partial charge is 0.374 e. The van der Waals surface area contributed by atoms with Crippen molar-refractivity contribution in [1.82, 2.24) is 10.2 Å². The number of thioether (sulfide) groups is 1. The maximum Gasteiger partial charge on any atom is 0.0826 e. The van der Waals surface area contributed by atoms with Crippen molar-refractivity contribution >= 4 is 11.8 Å². The van der Waals surface area contributed by atoms with Crippen molar-refractivity contribution in [3.05, 3.63) is 0 Å². The Labute approximate surface area is 116 Å². The maximum absolute atomic E-state index is 5.86. The summed E-state index contributed by atoms with van der Waals surface area (Å²) < 4.78 is 5.86. The molecule has 2 fully saturated rings. The van der Waals surface area contributed by atoms with Crippen LogP contribution in [-0.2, 0) is 4.74 Å². The van der Waals surface area contributed by atoms with Gasteiger partial charge in [0.2, 0.25) is 0 Å². The van der Waals surface area contributed by atoms with Gasteiger partial charge in [-0.15, -0.1) is 0 Å². The zero-order valence-electron chi connectivity index (χ0n) is 11.9. The zero-order valence-corrected chi connectivity index (χ0v) is 12.7. The zero-order chi connectivity index (χ0) is 12.8. The summed E-state index contributed by atoms with van der Waals surface area (Å²) in [7, 11) is 0.